The van der Waals surface area contributed by atoms with Gasteiger partial charge in [-0.3, -0.25) is 0 Å². The first-order chi connectivity index (χ1) is 9.63. The topological polar surface area (TPSA) is 0 Å². The molecule has 0 nitrogen and oxygen atoms in total. The number of fused-ring (bicyclic) bond motifs is 1. The molecule has 2 aromatic carbocycles. The van der Waals surface area contributed by atoms with E-state index < -0.39 is 11.6 Å². The molecule has 0 saturated heterocycles. The Morgan fingerprint density at radius 2 is 1.45 bits per heavy atom. The first-order valence-corrected chi connectivity index (χ1v) is 7.77. The SMILES string of the molecule is Fc1cc(F)cc(C(Br)c2ccc3c(c2)CCCC3)c1. The van der Waals surface area contributed by atoms with Crippen molar-refractivity contribution < 1.29 is 8.78 Å². The Morgan fingerprint density at radius 1 is 0.800 bits per heavy atom. The van der Waals surface area contributed by atoms with Crippen LogP contribution in [0.15, 0.2) is 36.4 Å². The van der Waals surface area contributed by atoms with Crippen LogP contribution in [-0.2, 0) is 12.8 Å². The molecule has 1 aliphatic rings. The Hall–Kier alpha value is -1.22. The van der Waals surface area contributed by atoms with Crippen LogP contribution in [0.25, 0.3) is 0 Å². The van der Waals surface area contributed by atoms with Gasteiger partial charge in [0, 0.05) is 6.07 Å². The van der Waals surface area contributed by atoms with Crippen LogP contribution in [0, 0.1) is 11.6 Å². The molecule has 1 atom stereocenters. The maximum atomic E-state index is 13.3. The summed E-state index contributed by atoms with van der Waals surface area (Å²) in [6.45, 7) is 0. The average Bonchev–Trinajstić information content (AvgIpc) is 2.45. The maximum absolute atomic E-state index is 13.3. The smallest absolute Gasteiger partial charge is 0.126 e. The summed E-state index contributed by atoms with van der Waals surface area (Å²) < 4.78 is 26.6. The van der Waals surface area contributed by atoms with Gasteiger partial charge >= 0.3 is 0 Å². The van der Waals surface area contributed by atoms with Crippen molar-refractivity contribution in [3.8, 4) is 0 Å². The molecule has 0 aliphatic heterocycles. The van der Waals surface area contributed by atoms with Crippen LogP contribution < -0.4 is 0 Å². The van der Waals surface area contributed by atoms with E-state index in [9.17, 15) is 8.78 Å². The number of alkyl halides is 1. The highest BCUT2D eigenvalue weighted by molar-refractivity contribution is 9.09. The second-order valence-electron chi connectivity index (χ2n) is 5.30. The minimum atomic E-state index is -0.539. The molecule has 0 heterocycles. The van der Waals surface area contributed by atoms with E-state index in [1.807, 2.05) is 6.07 Å². The van der Waals surface area contributed by atoms with Gasteiger partial charge in [0.1, 0.15) is 11.6 Å². The number of hydrogen-bond acceptors (Lipinski definition) is 0. The van der Waals surface area contributed by atoms with Crippen molar-refractivity contribution >= 4 is 15.9 Å². The van der Waals surface area contributed by atoms with Gasteiger partial charge < -0.3 is 0 Å². The monoisotopic (exact) mass is 336 g/mol. The van der Waals surface area contributed by atoms with Gasteiger partial charge in [-0.1, -0.05) is 34.1 Å². The van der Waals surface area contributed by atoms with Crippen LogP contribution in [0.2, 0.25) is 0 Å². The summed E-state index contributed by atoms with van der Waals surface area (Å²) in [5.41, 5.74) is 4.44. The summed E-state index contributed by atoms with van der Waals surface area (Å²) in [7, 11) is 0. The molecule has 1 aliphatic carbocycles. The minimum absolute atomic E-state index is 0.181. The molecule has 3 rings (SSSR count). The van der Waals surface area contributed by atoms with Crippen LogP contribution in [0.1, 0.15) is 39.9 Å². The van der Waals surface area contributed by atoms with Crippen molar-refractivity contribution in [2.45, 2.75) is 30.5 Å². The third-order valence-electron chi connectivity index (χ3n) is 3.84. The summed E-state index contributed by atoms with van der Waals surface area (Å²) in [5.74, 6) is -1.08. The molecular weight excluding hydrogens is 322 g/mol. The number of rotatable bonds is 2. The Labute approximate surface area is 126 Å². The highest BCUT2D eigenvalue weighted by Crippen LogP contribution is 2.34. The fourth-order valence-corrected chi connectivity index (χ4v) is 3.37. The Bertz CT molecular complexity index is 617. The van der Waals surface area contributed by atoms with E-state index in [1.165, 1.54) is 36.1 Å². The molecule has 20 heavy (non-hydrogen) atoms. The van der Waals surface area contributed by atoms with E-state index >= 15 is 0 Å². The van der Waals surface area contributed by atoms with Gasteiger partial charge in [-0.15, -0.1) is 0 Å². The minimum Gasteiger partial charge on any atom is -0.207 e. The number of benzene rings is 2. The highest BCUT2D eigenvalue weighted by atomic mass is 79.9. The Morgan fingerprint density at radius 3 is 2.15 bits per heavy atom. The molecule has 0 amide bonds. The molecular formula is C17H15BrF2. The van der Waals surface area contributed by atoms with Crippen molar-refractivity contribution in [1.29, 1.82) is 0 Å². The zero-order valence-corrected chi connectivity index (χ0v) is 12.6. The molecule has 0 radical (unpaired) electrons. The van der Waals surface area contributed by atoms with Gasteiger partial charge in [0.25, 0.3) is 0 Å². The predicted molar refractivity (Wildman–Crippen MR) is 80.2 cm³/mol. The summed E-state index contributed by atoms with van der Waals surface area (Å²) in [5, 5.41) is 0. The van der Waals surface area contributed by atoms with Crippen molar-refractivity contribution in [3.05, 3.63) is 70.3 Å². The van der Waals surface area contributed by atoms with Crippen LogP contribution in [0.5, 0.6) is 0 Å². The third-order valence-corrected chi connectivity index (χ3v) is 4.90. The van der Waals surface area contributed by atoms with Gasteiger partial charge in [0.15, 0.2) is 0 Å². The van der Waals surface area contributed by atoms with E-state index in [-0.39, 0.29) is 4.83 Å². The van der Waals surface area contributed by atoms with Crippen molar-refractivity contribution in [2.24, 2.45) is 0 Å². The van der Waals surface area contributed by atoms with Crippen LogP contribution in [0.4, 0.5) is 8.78 Å². The fraction of sp³-hybridized carbons (Fsp3) is 0.294. The number of aryl methyl sites for hydroxylation is 2. The summed E-state index contributed by atoms with van der Waals surface area (Å²) >= 11 is 3.56. The van der Waals surface area contributed by atoms with E-state index in [2.05, 4.69) is 28.1 Å². The zero-order chi connectivity index (χ0) is 14.1. The Kier molecular flexibility index (Phi) is 3.88. The zero-order valence-electron chi connectivity index (χ0n) is 11.0. The second-order valence-corrected chi connectivity index (χ2v) is 6.22. The van der Waals surface area contributed by atoms with E-state index in [0.29, 0.717) is 5.56 Å². The fourth-order valence-electron chi connectivity index (χ4n) is 2.82. The summed E-state index contributed by atoms with van der Waals surface area (Å²) in [6.07, 6.45) is 4.70. The molecule has 0 fully saturated rings. The summed E-state index contributed by atoms with van der Waals surface area (Å²) in [6, 6.07) is 10.0. The van der Waals surface area contributed by atoms with Gasteiger partial charge in [0.2, 0.25) is 0 Å². The average molecular weight is 337 g/mol. The van der Waals surface area contributed by atoms with Crippen LogP contribution >= 0.6 is 15.9 Å². The molecule has 104 valence electrons. The lowest BCUT2D eigenvalue weighted by molar-refractivity contribution is 0.580. The van der Waals surface area contributed by atoms with Crippen LogP contribution in [-0.4, -0.2) is 0 Å². The van der Waals surface area contributed by atoms with Gasteiger partial charge in [0.05, 0.1) is 4.83 Å². The quantitative estimate of drug-likeness (QED) is 0.650. The molecule has 0 bridgehead atoms. The molecule has 2 aromatic rings. The van der Waals surface area contributed by atoms with Crippen molar-refractivity contribution in [2.75, 3.05) is 0 Å². The number of hydrogen-bond donors (Lipinski definition) is 0. The Balaban J connectivity index is 1.95. The molecule has 0 saturated carbocycles. The first-order valence-electron chi connectivity index (χ1n) is 6.85. The molecule has 0 spiro atoms. The third kappa shape index (κ3) is 2.78. The number of halogens is 3. The van der Waals surface area contributed by atoms with Crippen molar-refractivity contribution in [1.82, 2.24) is 0 Å². The van der Waals surface area contributed by atoms with Crippen LogP contribution in [0.3, 0.4) is 0 Å². The van der Waals surface area contributed by atoms with E-state index in [0.717, 1.165) is 24.5 Å². The molecule has 3 heteroatoms. The standard InChI is InChI=1S/C17H15BrF2/c18-17(14-8-15(19)10-16(20)9-14)13-6-5-11-3-1-2-4-12(11)7-13/h5-10,17H,1-4H2. The first kappa shape index (κ1) is 13.7. The van der Waals surface area contributed by atoms with Crippen molar-refractivity contribution in [3.63, 3.8) is 0 Å². The lowest BCUT2D eigenvalue weighted by Gasteiger charge is -2.19. The van der Waals surface area contributed by atoms with E-state index in [4.69, 9.17) is 0 Å². The van der Waals surface area contributed by atoms with Gasteiger partial charge in [-0.2, -0.15) is 0 Å². The van der Waals surface area contributed by atoms with Gasteiger partial charge in [-0.05, 0) is 60.1 Å². The lowest BCUT2D eigenvalue weighted by Crippen LogP contribution is -2.04. The van der Waals surface area contributed by atoms with E-state index in [1.54, 1.807) is 0 Å². The molecule has 0 N–H and O–H groups in total. The van der Waals surface area contributed by atoms with Gasteiger partial charge in [-0.25, -0.2) is 8.78 Å². The molecule has 0 aromatic heterocycles. The largest absolute Gasteiger partial charge is 0.207 e. The lowest BCUT2D eigenvalue weighted by atomic mass is 9.89. The highest BCUT2D eigenvalue weighted by Gasteiger charge is 2.16. The summed E-state index contributed by atoms with van der Waals surface area (Å²) in [4.78, 5) is -0.181. The maximum Gasteiger partial charge on any atom is 0.126 e. The normalized spacial score (nSPS) is 15.8. The predicted octanol–water partition coefficient (Wildman–Crippen LogP) is 5.33. The molecule has 1 unspecified atom stereocenters. The second kappa shape index (κ2) is 5.65.